The van der Waals surface area contributed by atoms with Crippen LogP contribution in [0.4, 0.5) is 0 Å². The van der Waals surface area contributed by atoms with E-state index in [-0.39, 0.29) is 5.91 Å². The molecule has 0 bridgehead atoms. The lowest BCUT2D eigenvalue weighted by molar-refractivity contribution is -0.130. The van der Waals surface area contributed by atoms with Crippen LogP contribution in [-0.2, 0) is 11.2 Å². The van der Waals surface area contributed by atoms with Crippen LogP contribution >= 0.6 is 0 Å². The third-order valence-electron chi connectivity index (χ3n) is 4.41. The molecule has 0 saturated carbocycles. The summed E-state index contributed by atoms with van der Waals surface area (Å²) in [5.74, 6) is 2.02. The maximum atomic E-state index is 11.5. The van der Waals surface area contributed by atoms with E-state index in [1.165, 1.54) is 0 Å². The molecule has 1 fully saturated rings. The second-order valence-corrected chi connectivity index (χ2v) is 6.18. The largest absolute Gasteiger partial charge is 0.357 e. The topological polar surface area (TPSA) is 76.6 Å². The Morgan fingerprint density at radius 1 is 1.24 bits per heavy atom. The van der Waals surface area contributed by atoms with Crippen molar-refractivity contribution in [2.45, 2.75) is 20.3 Å². The van der Waals surface area contributed by atoms with Gasteiger partial charge in [0.1, 0.15) is 5.82 Å². The number of guanidine groups is 1. The number of nitrogens with one attached hydrogen (secondary N) is 2. The number of amides is 1. The molecule has 1 aromatic heterocycles. The van der Waals surface area contributed by atoms with E-state index in [1.807, 2.05) is 29.2 Å². The molecule has 1 saturated heterocycles. The number of aromatic nitrogens is 2. The van der Waals surface area contributed by atoms with Crippen LogP contribution in [0.1, 0.15) is 19.7 Å². The van der Waals surface area contributed by atoms with Crippen molar-refractivity contribution in [2.75, 3.05) is 39.3 Å². The maximum Gasteiger partial charge on any atom is 0.219 e. The number of nitrogens with zero attached hydrogens (tertiary/aromatic N) is 4. The number of rotatable bonds is 4. The van der Waals surface area contributed by atoms with Crippen molar-refractivity contribution in [3.63, 3.8) is 0 Å². The van der Waals surface area contributed by atoms with Gasteiger partial charge in [0.25, 0.3) is 0 Å². The third-order valence-corrected chi connectivity index (χ3v) is 4.41. The summed E-state index contributed by atoms with van der Waals surface area (Å²) in [7, 11) is 0. The fraction of sp³-hybridized carbons (Fsp3) is 0.500. The lowest BCUT2D eigenvalue weighted by atomic mass is 10.3. The van der Waals surface area contributed by atoms with E-state index in [0.29, 0.717) is 6.54 Å². The first kappa shape index (κ1) is 17.3. The van der Waals surface area contributed by atoms with Gasteiger partial charge in [-0.1, -0.05) is 12.1 Å². The number of piperazine rings is 1. The molecule has 25 heavy (non-hydrogen) atoms. The van der Waals surface area contributed by atoms with Crippen LogP contribution in [-0.4, -0.2) is 70.9 Å². The predicted molar refractivity (Wildman–Crippen MR) is 99.6 cm³/mol. The Morgan fingerprint density at radius 2 is 1.96 bits per heavy atom. The molecule has 2 N–H and O–H groups in total. The minimum atomic E-state index is 0.145. The summed E-state index contributed by atoms with van der Waals surface area (Å²) < 4.78 is 0. The van der Waals surface area contributed by atoms with Crippen LogP contribution in [0.3, 0.4) is 0 Å². The lowest BCUT2D eigenvalue weighted by Gasteiger charge is -2.36. The third kappa shape index (κ3) is 4.29. The van der Waals surface area contributed by atoms with Crippen LogP contribution < -0.4 is 5.32 Å². The Balaban J connectivity index is 1.59. The van der Waals surface area contributed by atoms with E-state index in [9.17, 15) is 4.79 Å². The standard InChI is InChI=1S/C18H26N6O/c1-3-19-18(24-12-10-23(11-13-24)14(2)25)20-9-8-17-21-15-6-4-5-7-16(15)22-17/h4-7H,3,8-13H2,1-2H3,(H,19,20)(H,21,22). The molecule has 2 heterocycles. The van der Waals surface area contributed by atoms with Gasteiger partial charge in [0.15, 0.2) is 5.96 Å². The molecule has 134 valence electrons. The summed E-state index contributed by atoms with van der Waals surface area (Å²) >= 11 is 0. The maximum absolute atomic E-state index is 11.5. The van der Waals surface area contributed by atoms with Crippen molar-refractivity contribution >= 4 is 22.9 Å². The number of aliphatic imine (C=N–C) groups is 1. The van der Waals surface area contributed by atoms with Gasteiger partial charge in [-0.3, -0.25) is 9.79 Å². The molecule has 0 unspecified atom stereocenters. The number of para-hydroxylation sites is 2. The summed E-state index contributed by atoms with van der Waals surface area (Å²) in [6.45, 7) is 8.34. The van der Waals surface area contributed by atoms with Crippen molar-refractivity contribution < 1.29 is 4.79 Å². The summed E-state index contributed by atoms with van der Waals surface area (Å²) in [6, 6.07) is 8.05. The Hall–Kier alpha value is -2.57. The summed E-state index contributed by atoms with van der Waals surface area (Å²) in [4.78, 5) is 28.2. The monoisotopic (exact) mass is 342 g/mol. The van der Waals surface area contributed by atoms with Gasteiger partial charge < -0.3 is 20.1 Å². The van der Waals surface area contributed by atoms with Gasteiger partial charge in [-0.2, -0.15) is 0 Å². The molecule has 7 heteroatoms. The van der Waals surface area contributed by atoms with Crippen molar-refractivity contribution in [1.82, 2.24) is 25.1 Å². The number of aromatic amines is 1. The number of carbonyl (C=O) groups is 1. The number of imidazole rings is 1. The molecule has 1 aromatic carbocycles. The fourth-order valence-electron chi connectivity index (χ4n) is 3.05. The van der Waals surface area contributed by atoms with Gasteiger partial charge in [0.05, 0.1) is 11.0 Å². The first-order chi connectivity index (χ1) is 12.2. The molecule has 1 aliphatic heterocycles. The molecule has 0 spiro atoms. The van der Waals surface area contributed by atoms with Crippen LogP contribution in [0.2, 0.25) is 0 Å². The number of carbonyl (C=O) groups excluding carboxylic acids is 1. The van der Waals surface area contributed by atoms with Gasteiger partial charge in [-0.15, -0.1) is 0 Å². The van der Waals surface area contributed by atoms with Crippen LogP contribution in [0.5, 0.6) is 0 Å². The number of H-pyrrole nitrogens is 1. The van der Waals surface area contributed by atoms with Gasteiger partial charge >= 0.3 is 0 Å². The van der Waals surface area contributed by atoms with E-state index >= 15 is 0 Å². The van der Waals surface area contributed by atoms with Crippen LogP contribution in [0.15, 0.2) is 29.3 Å². The number of hydrogen-bond donors (Lipinski definition) is 2. The summed E-state index contributed by atoms with van der Waals surface area (Å²) in [5, 5.41) is 3.35. The molecule has 0 radical (unpaired) electrons. The van der Waals surface area contributed by atoms with Gasteiger partial charge in [-0.25, -0.2) is 4.98 Å². The van der Waals surface area contributed by atoms with E-state index in [4.69, 9.17) is 4.99 Å². The summed E-state index contributed by atoms with van der Waals surface area (Å²) in [6.07, 6.45) is 0.775. The molecule has 1 aliphatic rings. The molecule has 1 amide bonds. The molecule has 7 nitrogen and oxygen atoms in total. The first-order valence-corrected chi connectivity index (χ1v) is 8.89. The van der Waals surface area contributed by atoms with Gasteiger partial charge in [0.2, 0.25) is 5.91 Å². The molecule has 3 rings (SSSR count). The zero-order valence-electron chi connectivity index (χ0n) is 15.0. The predicted octanol–water partition coefficient (Wildman–Crippen LogP) is 1.23. The Morgan fingerprint density at radius 3 is 2.64 bits per heavy atom. The number of hydrogen-bond acceptors (Lipinski definition) is 3. The molecule has 0 atom stereocenters. The van der Waals surface area contributed by atoms with Gasteiger partial charge in [-0.05, 0) is 19.1 Å². The average Bonchev–Trinajstić information content (AvgIpc) is 3.04. The van der Waals surface area contributed by atoms with E-state index in [1.54, 1.807) is 6.92 Å². The molecular weight excluding hydrogens is 316 g/mol. The number of fused-ring (bicyclic) bond motifs is 1. The smallest absolute Gasteiger partial charge is 0.219 e. The normalized spacial score (nSPS) is 15.7. The van der Waals surface area contributed by atoms with Crippen LogP contribution in [0.25, 0.3) is 11.0 Å². The highest BCUT2D eigenvalue weighted by Crippen LogP contribution is 2.10. The second kappa shape index (κ2) is 8.00. The molecule has 0 aliphatic carbocycles. The second-order valence-electron chi connectivity index (χ2n) is 6.18. The Labute approximate surface area is 148 Å². The highest BCUT2D eigenvalue weighted by molar-refractivity contribution is 5.80. The number of benzene rings is 1. The summed E-state index contributed by atoms with van der Waals surface area (Å²) in [5.41, 5.74) is 2.06. The minimum absolute atomic E-state index is 0.145. The first-order valence-electron chi connectivity index (χ1n) is 8.89. The van der Waals surface area contributed by atoms with Crippen LogP contribution in [0, 0.1) is 0 Å². The highest BCUT2D eigenvalue weighted by Gasteiger charge is 2.20. The van der Waals surface area contributed by atoms with E-state index in [2.05, 4.69) is 27.1 Å². The minimum Gasteiger partial charge on any atom is -0.357 e. The van der Waals surface area contributed by atoms with Crippen molar-refractivity contribution in [3.8, 4) is 0 Å². The Kier molecular flexibility index (Phi) is 5.53. The fourth-order valence-corrected chi connectivity index (χ4v) is 3.05. The molecular formula is C18H26N6O. The SMILES string of the molecule is CCNC(=NCCc1nc2ccccc2[nH]1)N1CCN(C(C)=O)CC1. The lowest BCUT2D eigenvalue weighted by Crippen LogP contribution is -2.53. The van der Waals surface area contributed by atoms with Gasteiger partial charge in [0, 0.05) is 52.6 Å². The molecule has 2 aromatic rings. The quantitative estimate of drug-likeness (QED) is 0.647. The van der Waals surface area contributed by atoms with E-state index < -0.39 is 0 Å². The average molecular weight is 342 g/mol. The van der Waals surface area contributed by atoms with Crippen molar-refractivity contribution in [3.05, 3.63) is 30.1 Å². The zero-order chi connectivity index (χ0) is 17.6. The Bertz CT molecular complexity index is 712. The zero-order valence-corrected chi connectivity index (χ0v) is 15.0. The van der Waals surface area contributed by atoms with E-state index in [0.717, 1.165) is 62.0 Å². The van der Waals surface area contributed by atoms with Crippen molar-refractivity contribution in [2.24, 2.45) is 4.99 Å². The van der Waals surface area contributed by atoms with Crippen molar-refractivity contribution in [1.29, 1.82) is 0 Å². The highest BCUT2D eigenvalue weighted by atomic mass is 16.2.